The second-order valence-corrected chi connectivity index (χ2v) is 5.31. The van der Waals surface area contributed by atoms with Gasteiger partial charge in [-0.15, -0.1) is 0 Å². The summed E-state index contributed by atoms with van der Waals surface area (Å²) >= 11 is 0. The zero-order valence-corrected chi connectivity index (χ0v) is 9.83. The molecule has 1 saturated carbocycles. The molecule has 0 radical (unpaired) electrons. The van der Waals surface area contributed by atoms with Crippen molar-refractivity contribution in [3.05, 3.63) is 0 Å². The molecule has 3 atom stereocenters. The van der Waals surface area contributed by atoms with E-state index < -0.39 is 7.12 Å². The minimum absolute atomic E-state index is 0.130. The summed E-state index contributed by atoms with van der Waals surface area (Å²) in [6.45, 7) is 8.82. The van der Waals surface area contributed by atoms with E-state index in [1.807, 2.05) is 0 Å². The standard InChI is InChI=1S/C11H23BO2/c1-5-7-8-9(10(8)12(13)14)11(3,4)6-2/h8-10,13-14H,5-7H2,1-4H3. The van der Waals surface area contributed by atoms with Gasteiger partial charge in [-0.2, -0.15) is 0 Å². The summed E-state index contributed by atoms with van der Waals surface area (Å²) in [4.78, 5) is 0. The Kier molecular flexibility index (Phi) is 3.65. The van der Waals surface area contributed by atoms with Gasteiger partial charge < -0.3 is 10.0 Å². The van der Waals surface area contributed by atoms with E-state index in [1.165, 1.54) is 0 Å². The quantitative estimate of drug-likeness (QED) is 0.665. The smallest absolute Gasteiger partial charge is 0.427 e. The fraction of sp³-hybridized carbons (Fsp3) is 1.00. The summed E-state index contributed by atoms with van der Waals surface area (Å²) in [5.41, 5.74) is 0.258. The lowest BCUT2D eigenvalue weighted by Crippen LogP contribution is -2.19. The van der Waals surface area contributed by atoms with Gasteiger partial charge in [0.1, 0.15) is 0 Å². The van der Waals surface area contributed by atoms with E-state index in [-0.39, 0.29) is 11.2 Å². The van der Waals surface area contributed by atoms with Gasteiger partial charge in [-0.1, -0.05) is 47.0 Å². The third-order valence-electron chi connectivity index (χ3n) is 4.01. The lowest BCUT2D eigenvalue weighted by Gasteiger charge is -2.23. The molecule has 2 N–H and O–H groups in total. The van der Waals surface area contributed by atoms with Gasteiger partial charge in [-0.3, -0.25) is 0 Å². The molecule has 0 aromatic rings. The second-order valence-electron chi connectivity index (χ2n) is 5.31. The maximum atomic E-state index is 9.27. The first kappa shape index (κ1) is 12.1. The Labute approximate surface area is 87.9 Å². The van der Waals surface area contributed by atoms with Crippen LogP contribution in [0.2, 0.25) is 5.82 Å². The molecule has 0 aromatic heterocycles. The zero-order chi connectivity index (χ0) is 10.9. The number of hydrogen-bond acceptors (Lipinski definition) is 2. The molecule has 0 heterocycles. The van der Waals surface area contributed by atoms with Gasteiger partial charge in [0.2, 0.25) is 0 Å². The maximum Gasteiger partial charge on any atom is 0.455 e. The van der Waals surface area contributed by atoms with Crippen molar-refractivity contribution in [1.82, 2.24) is 0 Å². The van der Waals surface area contributed by atoms with Gasteiger partial charge in [0.15, 0.2) is 0 Å². The molecule has 3 heteroatoms. The van der Waals surface area contributed by atoms with Crippen molar-refractivity contribution in [1.29, 1.82) is 0 Å². The van der Waals surface area contributed by atoms with E-state index in [0.29, 0.717) is 11.8 Å². The molecule has 2 nitrogen and oxygen atoms in total. The Morgan fingerprint density at radius 2 is 1.79 bits per heavy atom. The summed E-state index contributed by atoms with van der Waals surface area (Å²) < 4.78 is 0. The first-order chi connectivity index (χ1) is 6.45. The average molecular weight is 198 g/mol. The van der Waals surface area contributed by atoms with Crippen molar-refractivity contribution in [2.24, 2.45) is 17.3 Å². The van der Waals surface area contributed by atoms with Gasteiger partial charge in [-0.25, -0.2) is 0 Å². The minimum atomic E-state index is -1.11. The van der Waals surface area contributed by atoms with Crippen LogP contribution in [0.15, 0.2) is 0 Å². The Balaban J connectivity index is 2.62. The van der Waals surface area contributed by atoms with Gasteiger partial charge in [0.25, 0.3) is 0 Å². The van der Waals surface area contributed by atoms with Crippen LogP contribution in [-0.4, -0.2) is 17.2 Å². The third-order valence-corrected chi connectivity index (χ3v) is 4.01. The number of rotatable bonds is 5. The van der Waals surface area contributed by atoms with Crippen LogP contribution in [0.5, 0.6) is 0 Å². The molecule has 1 aliphatic rings. The molecule has 0 aromatic carbocycles. The molecule has 0 saturated heterocycles. The number of hydrogen-bond donors (Lipinski definition) is 2. The van der Waals surface area contributed by atoms with Gasteiger partial charge in [0, 0.05) is 5.82 Å². The topological polar surface area (TPSA) is 40.5 Å². The molecular weight excluding hydrogens is 175 g/mol. The van der Waals surface area contributed by atoms with Crippen LogP contribution in [-0.2, 0) is 0 Å². The van der Waals surface area contributed by atoms with Crippen LogP contribution in [0.25, 0.3) is 0 Å². The van der Waals surface area contributed by atoms with Crippen molar-refractivity contribution >= 4 is 7.12 Å². The second kappa shape index (κ2) is 4.24. The van der Waals surface area contributed by atoms with Crippen molar-refractivity contribution in [3.63, 3.8) is 0 Å². The van der Waals surface area contributed by atoms with Gasteiger partial charge >= 0.3 is 7.12 Å². The molecule has 0 aliphatic heterocycles. The average Bonchev–Trinajstić information content (AvgIpc) is 2.80. The molecule has 1 rings (SSSR count). The third kappa shape index (κ3) is 2.14. The first-order valence-corrected chi connectivity index (χ1v) is 5.81. The molecule has 0 amide bonds. The molecule has 14 heavy (non-hydrogen) atoms. The van der Waals surface area contributed by atoms with Crippen LogP contribution in [0.3, 0.4) is 0 Å². The predicted octanol–water partition coefficient (Wildman–Crippen LogP) is 2.31. The predicted molar refractivity (Wildman–Crippen MR) is 59.9 cm³/mol. The monoisotopic (exact) mass is 198 g/mol. The molecule has 0 spiro atoms. The largest absolute Gasteiger partial charge is 0.455 e. The van der Waals surface area contributed by atoms with E-state index in [2.05, 4.69) is 27.7 Å². The van der Waals surface area contributed by atoms with Gasteiger partial charge in [0.05, 0.1) is 0 Å². The molecule has 1 aliphatic carbocycles. The van der Waals surface area contributed by atoms with E-state index in [4.69, 9.17) is 0 Å². The molecule has 0 bridgehead atoms. The lowest BCUT2D eigenvalue weighted by atomic mass is 9.74. The molecule has 82 valence electrons. The van der Waals surface area contributed by atoms with Crippen molar-refractivity contribution in [3.8, 4) is 0 Å². The summed E-state index contributed by atoms with van der Waals surface area (Å²) in [6, 6.07) is 0. The van der Waals surface area contributed by atoms with Crippen LogP contribution >= 0.6 is 0 Å². The van der Waals surface area contributed by atoms with E-state index in [9.17, 15) is 10.0 Å². The molecular formula is C11H23BO2. The summed E-state index contributed by atoms with van der Waals surface area (Å²) in [6.07, 6.45) is 3.39. The fourth-order valence-corrected chi connectivity index (χ4v) is 2.85. The van der Waals surface area contributed by atoms with E-state index >= 15 is 0 Å². The summed E-state index contributed by atoms with van der Waals surface area (Å²) in [7, 11) is -1.11. The fourth-order valence-electron chi connectivity index (χ4n) is 2.85. The SMILES string of the molecule is CCCC1C(B(O)O)C1C(C)(C)CC. The van der Waals surface area contributed by atoms with Crippen molar-refractivity contribution in [2.75, 3.05) is 0 Å². The summed E-state index contributed by atoms with van der Waals surface area (Å²) in [5.74, 6) is 1.17. The maximum absolute atomic E-state index is 9.27. The highest BCUT2D eigenvalue weighted by Crippen LogP contribution is 2.64. The van der Waals surface area contributed by atoms with Crippen LogP contribution in [0.1, 0.15) is 47.0 Å². The van der Waals surface area contributed by atoms with Crippen molar-refractivity contribution < 1.29 is 10.0 Å². The van der Waals surface area contributed by atoms with E-state index in [1.54, 1.807) is 0 Å². The normalized spacial score (nSPS) is 31.7. The Morgan fingerprint density at radius 3 is 2.14 bits per heavy atom. The van der Waals surface area contributed by atoms with E-state index in [0.717, 1.165) is 19.3 Å². The summed E-state index contributed by atoms with van der Waals surface area (Å²) in [5, 5.41) is 18.5. The molecule has 3 unspecified atom stereocenters. The lowest BCUT2D eigenvalue weighted by molar-refractivity contribution is 0.272. The zero-order valence-electron chi connectivity index (χ0n) is 9.83. The Morgan fingerprint density at radius 1 is 1.21 bits per heavy atom. The minimum Gasteiger partial charge on any atom is -0.427 e. The highest BCUT2D eigenvalue weighted by atomic mass is 16.4. The Bertz CT molecular complexity index is 192. The van der Waals surface area contributed by atoms with Crippen molar-refractivity contribution in [2.45, 2.75) is 52.8 Å². The van der Waals surface area contributed by atoms with Gasteiger partial charge in [-0.05, 0) is 17.3 Å². The molecule has 1 fully saturated rings. The van der Waals surface area contributed by atoms with Crippen LogP contribution in [0, 0.1) is 17.3 Å². The van der Waals surface area contributed by atoms with Crippen LogP contribution in [0.4, 0.5) is 0 Å². The Hall–Kier alpha value is -0.0151. The first-order valence-electron chi connectivity index (χ1n) is 5.81. The highest BCUT2D eigenvalue weighted by Gasteiger charge is 2.60. The highest BCUT2D eigenvalue weighted by molar-refractivity contribution is 6.44. The van der Waals surface area contributed by atoms with Crippen LogP contribution < -0.4 is 0 Å².